The summed E-state index contributed by atoms with van der Waals surface area (Å²) in [4.78, 5) is 2.31. The highest BCUT2D eigenvalue weighted by Crippen LogP contribution is 2.20. The van der Waals surface area contributed by atoms with Crippen molar-refractivity contribution < 1.29 is 4.74 Å². The van der Waals surface area contributed by atoms with Gasteiger partial charge in [0.15, 0.2) is 0 Å². The van der Waals surface area contributed by atoms with Crippen LogP contribution in [0.25, 0.3) is 0 Å². The summed E-state index contributed by atoms with van der Waals surface area (Å²) in [5.41, 5.74) is 0. The molecule has 0 amide bonds. The Hall–Kier alpha value is -0.0800. The van der Waals surface area contributed by atoms with Gasteiger partial charge in [0, 0.05) is 13.1 Å². The van der Waals surface area contributed by atoms with Crippen LogP contribution in [-0.2, 0) is 4.74 Å². The van der Waals surface area contributed by atoms with E-state index in [1.54, 1.807) is 0 Å². The van der Waals surface area contributed by atoms with E-state index in [9.17, 15) is 0 Å². The third kappa shape index (κ3) is 0.340. The minimum absolute atomic E-state index is 0.546. The first-order valence-corrected chi connectivity index (χ1v) is 2.32. The first-order valence-electron chi connectivity index (χ1n) is 2.32. The van der Waals surface area contributed by atoms with Crippen LogP contribution < -0.4 is 0 Å². The topological polar surface area (TPSA) is 15.5 Å². The number of nitrogens with zero attached hydrogens (tertiary/aromatic N) is 1. The van der Waals surface area contributed by atoms with Crippen LogP contribution in [0.4, 0.5) is 0 Å². The SMILES string of the molecule is C1OC1N1CC1. The van der Waals surface area contributed by atoms with Crippen molar-refractivity contribution in [2.45, 2.75) is 6.23 Å². The van der Waals surface area contributed by atoms with Gasteiger partial charge in [-0.3, -0.25) is 4.90 Å². The normalized spacial score (nSPS) is 43.0. The molecule has 0 bridgehead atoms. The highest BCUT2D eigenvalue weighted by atomic mass is 16.6. The Morgan fingerprint density at radius 2 is 2.17 bits per heavy atom. The molecule has 2 heterocycles. The average molecular weight is 85.1 g/mol. The summed E-state index contributed by atoms with van der Waals surface area (Å²) in [6.07, 6.45) is 0.546. The van der Waals surface area contributed by atoms with Crippen molar-refractivity contribution >= 4 is 0 Å². The molecule has 1 unspecified atom stereocenters. The lowest BCUT2D eigenvalue weighted by atomic mass is 10.8. The molecule has 2 fully saturated rings. The summed E-state index contributed by atoms with van der Waals surface area (Å²) >= 11 is 0. The average Bonchev–Trinajstić information content (AvgIpc) is 2.26. The first-order chi connectivity index (χ1) is 2.97. The van der Waals surface area contributed by atoms with Crippen molar-refractivity contribution in [3.63, 3.8) is 0 Å². The van der Waals surface area contributed by atoms with E-state index < -0.39 is 0 Å². The van der Waals surface area contributed by atoms with Crippen LogP contribution >= 0.6 is 0 Å². The summed E-state index contributed by atoms with van der Waals surface area (Å²) in [7, 11) is 0. The van der Waals surface area contributed by atoms with Gasteiger partial charge in [0.05, 0.1) is 6.61 Å². The number of epoxide rings is 1. The molecule has 1 atom stereocenters. The van der Waals surface area contributed by atoms with Crippen LogP contribution in [0.3, 0.4) is 0 Å². The van der Waals surface area contributed by atoms with Crippen molar-refractivity contribution in [2.75, 3.05) is 19.7 Å². The standard InChI is InChI=1S/C4H7NO/c1-2-5(1)4-3-6-4/h4H,1-3H2. The second-order valence-corrected chi connectivity index (χ2v) is 1.82. The van der Waals surface area contributed by atoms with Gasteiger partial charge < -0.3 is 4.74 Å². The summed E-state index contributed by atoms with van der Waals surface area (Å²) in [5.74, 6) is 0. The van der Waals surface area contributed by atoms with Gasteiger partial charge in [0.2, 0.25) is 0 Å². The van der Waals surface area contributed by atoms with Gasteiger partial charge in [-0.25, -0.2) is 0 Å². The molecule has 2 heteroatoms. The summed E-state index contributed by atoms with van der Waals surface area (Å²) < 4.78 is 4.96. The van der Waals surface area contributed by atoms with Gasteiger partial charge in [-0.15, -0.1) is 0 Å². The first kappa shape index (κ1) is 2.99. The van der Waals surface area contributed by atoms with E-state index in [1.165, 1.54) is 13.1 Å². The van der Waals surface area contributed by atoms with Gasteiger partial charge in [0.25, 0.3) is 0 Å². The van der Waals surface area contributed by atoms with Crippen molar-refractivity contribution in [3.8, 4) is 0 Å². The highest BCUT2D eigenvalue weighted by Gasteiger charge is 2.36. The van der Waals surface area contributed by atoms with Crippen LogP contribution in [0, 0.1) is 0 Å². The van der Waals surface area contributed by atoms with E-state index in [0.29, 0.717) is 6.23 Å². The monoisotopic (exact) mass is 85.1 g/mol. The minimum atomic E-state index is 0.546. The Morgan fingerprint density at radius 3 is 2.33 bits per heavy atom. The predicted octanol–water partition coefficient (Wildman–Crippen LogP) is -0.342. The Bertz CT molecular complexity index is 55.9. The van der Waals surface area contributed by atoms with Crippen molar-refractivity contribution in [1.29, 1.82) is 0 Å². The van der Waals surface area contributed by atoms with E-state index >= 15 is 0 Å². The van der Waals surface area contributed by atoms with Crippen molar-refractivity contribution in [3.05, 3.63) is 0 Å². The summed E-state index contributed by atoms with van der Waals surface area (Å²) in [6, 6.07) is 0. The Balaban J connectivity index is 1.92. The van der Waals surface area contributed by atoms with Crippen molar-refractivity contribution in [1.82, 2.24) is 4.90 Å². The van der Waals surface area contributed by atoms with E-state index in [4.69, 9.17) is 4.74 Å². The van der Waals surface area contributed by atoms with Crippen molar-refractivity contribution in [2.24, 2.45) is 0 Å². The predicted molar refractivity (Wildman–Crippen MR) is 21.3 cm³/mol. The Morgan fingerprint density at radius 1 is 1.50 bits per heavy atom. The van der Waals surface area contributed by atoms with E-state index in [0.717, 1.165) is 6.61 Å². The van der Waals surface area contributed by atoms with E-state index in [-0.39, 0.29) is 0 Å². The maximum Gasteiger partial charge on any atom is 0.134 e. The zero-order chi connectivity index (χ0) is 3.98. The van der Waals surface area contributed by atoms with Crippen LogP contribution in [0.5, 0.6) is 0 Å². The fraction of sp³-hybridized carbons (Fsp3) is 1.00. The quantitative estimate of drug-likeness (QED) is 0.405. The molecular formula is C4H7NO. The van der Waals surface area contributed by atoms with Gasteiger partial charge in [-0.05, 0) is 0 Å². The molecule has 0 aromatic rings. The largest absolute Gasteiger partial charge is 0.357 e. The molecule has 2 aliphatic rings. The highest BCUT2D eigenvalue weighted by molar-refractivity contribution is 4.82. The van der Waals surface area contributed by atoms with Crippen LogP contribution in [0.1, 0.15) is 0 Å². The molecular weight excluding hydrogens is 78.0 g/mol. The molecule has 0 N–H and O–H groups in total. The number of ether oxygens (including phenoxy) is 1. The zero-order valence-corrected chi connectivity index (χ0v) is 3.55. The van der Waals surface area contributed by atoms with E-state index in [2.05, 4.69) is 4.90 Å². The molecule has 2 rings (SSSR count). The third-order valence-electron chi connectivity index (χ3n) is 1.20. The molecule has 0 aromatic heterocycles. The van der Waals surface area contributed by atoms with Crippen LogP contribution in [-0.4, -0.2) is 30.8 Å². The van der Waals surface area contributed by atoms with Gasteiger partial charge in [-0.2, -0.15) is 0 Å². The maximum atomic E-state index is 4.96. The second-order valence-electron chi connectivity index (χ2n) is 1.82. The molecule has 2 saturated heterocycles. The molecule has 0 aliphatic carbocycles. The molecule has 0 radical (unpaired) electrons. The maximum absolute atomic E-state index is 4.96. The molecule has 2 nitrogen and oxygen atoms in total. The molecule has 0 saturated carbocycles. The summed E-state index contributed by atoms with van der Waals surface area (Å²) in [6.45, 7) is 3.52. The Labute approximate surface area is 36.7 Å². The fourth-order valence-electron chi connectivity index (χ4n) is 0.600. The summed E-state index contributed by atoms with van der Waals surface area (Å²) in [5, 5.41) is 0. The smallest absolute Gasteiger partial charge is 0.134 e. The number of hydrogen-bond acceptors (Lipinski definition) is 2. The molecule has 0 spiro atoms. The molecule has 0 aromatic carbocycles. The Kier molecular flexibility index (Phi) is 0.383. The lowest BCUT2D eigenvalue weighted by molar-refractivity contribution is 0.311. The van der Waals surface area contributed by atoms with Gasteiger partial charge in [0.1, 0.15) is 6.23 Å². The molecule has 34 valence electrons. The van der Waals surface area contributed by atoms with Gasteiger partial charge in [-0.1, -0.05) is 0 Å². The number of hydrogen-bond donors (Lipinski definition) is 0. The fourth-order valence-corrected chi connectivity index (χ4v) is 0.600. The van der Waals surface area contributed by atoms with Crippen LogP contribution in [0.15, 0.2) is 0 Å². The third-order valence-corrected chi connectivity index (χ3v) is 1.20. The lowest BCUT2D eigenvalue weighted by Gasteiger charge is -1.82. The molecule has 6 heavy (non-hydrogen) atoms. The number of rotatable bonds is 1. The van der Waals surface area contributed by atoms with Gasteiger partial charge >= 0.3 is 0 Å². The van der Waals surface area contributed by atoms with E-state index in [1.807, 2.05) is 0 Å². The zero-order valence-electron chi connectivity index (χ0n) is 3.55. The second kappa shape index (κ2) is 0.768. The molecule has 2 aliphatic heterocycles. The minimum Gasteiger partial charge on any atom is -0.357 e. The van der Waals surface area contributed by atoms with Crippen LogP contribution in [0.2, 0.25) is 0 Å². The lowest BCUT2D eigenvalue weighted by Crippen LogP contribution is -1.98.